The van der Waals surface area contributed by atoms with E-state index in [-0.39, 0.29) is 35.6 Å². The van der Waals surface area contributed by atoms with Gasteiger partial charge >= 0.3 is 0 Å². The highest BCUT2D eigenvalue weighted by atomic mass is 127. The van der Waals surface area contributed by atoms with E-state index in [1.807, 2.05) is 66.5 Å². The summed E-state index contributed by atoms with van der Waals surface area (Å²) >= 11 is 0. The van der Waals surface area contributed by atoms with Gasteiger partial charge in [-0.2, -0.15) is 0 Å². The molecule has 0 fully saturated rings. The molecule has 2 N–H and O–H groups in total. The van der Waals surface area contributed by atoms with E-state index in [0.717, 1.165) is 17.3 Å². The summed E-state index contributed by atoms with van der Waals surface area (Å²) in [6.45, 7) is 1.88. The quantitative estimate of drug-likeness (QED) is 0.257. The van der Waals surface area contributed by atoms with Gasteiger partial charge in [0.2, 0.25) is 0 Å². The number of benzene rings is 2. The minimum atomic E-state index is -0.273. The second kappa shape index (κ2) is 12.6. The average molecular weight is 534 g/mol. The number of carbonyl (C=O) groups is 1. The molecule has 3 aromatic rings. The minimum absolute atomic E-state index is 0. The van der Waals surface area contributed by atoms with Crippen LogP contribution in [-0.2, 0) is 6.54 Å². The predicted molar refractivity (Wildman–Crippen MR) is 133 cm³/mol. The molecule has 0 aliphatic carbocycles. The Bertz CT molecular complexity index is 945. The molecule has 0 atom stereocenters. The van der Waals surface area contributed by atoms with Crippen molar-refractivity contribution in [3.63, 3.8) is 0 Å². The second-order valence-electron chi connectivity index (χ2n) is 6.61. The van der Waals surface area contributed by atoms with Gasteiger partial charge in [0.05, 0.1) is 12.8 Å². The Hall–Kier alpha value is -3.01. The lowest BCUT2D eigenvalue weighted by molar-refractivity contribution is 0.0996. The summed E-state index contributed by atoms with van der Waals surface area (Å²) in [5, 5.41) is 6.14. The first kappa shape index (κ1) is 24.3. The van der Waals surface area contributed by atoms with Crippen molar-refractivity contribution in [2.75, 3.05) is 32.6 Å². The lowest BCUT2D eigenvalue weighted by atomic mass is 10.2. The summed E-state index contributed by atoms with van der Waals surface area (Å²) in [6, 6.07) is 20.7. The fraction of sp³-hybridized carbons (Fsp3) is 0.217. The van der Waals surface area contributed by atoms with Gasteiger partial charge in [-0.25, -0.2) is 0 Å². The summed E-state index contributed by atoms with van der Waals surface area (Å²) in [5.74, 6) is 1.64. The Kier molecular flexibility index (Phi) is 9.89. The van der Waals surface area contributed by atoms with E-state index in [1.165, 1.54) is 6.26 Å². The highest BCUT2D eigenvalue weighted by Gasteiger charge is 2.09. The molecule has 1 aromatic heterocycles. The zero-order chi connectivity index (χ0) is 21.2. The third kappa shape index (κ3) is 7.63. The molecule has 0 saturated carbocycles. The van der Waals surface area contributed by atoms with Crippen LogP contribution >= 0.6 is 24.0 Å². The number of furan rings is 1. The summed E-state index contributed by atoms with van der Waals surface area (Å²) in [5.41, 5.74) is 1.78. The number of likely N-dealkylation sites (N-methyl/N-ethyl adjacent to an activating group) is 1. The Labute approximate surface area is 199 Å². The van der Waals surface area contributed by atoms with Gasteiger partial charge in [-0.1, -0.05) is 30.3 Å². The molecule has 0 spiro atoms. The lowest BCUT2D eigenvalue weighted by Crippen LogP contribution is -2.40. The molecule has 0 unspecified atom stereocenters. The van der Waals surface area contributed by atoms with E-state index in [9.17, 15) is 4.79 Å². The van der Waals surface area contributed by atoms with Gasteiger partial charge in [0, 0.05) is 26.3 Å². The maximum Gasteiger partial charge on any atom is 0.291 e. The number of carbonyl (C=O) groups excluding carboxylic acids is 1. The van der Waals surface area contributed by atoms with Crippen molar-refractivity contribution in [3.8, 4) is 5.75 Å². The highest BCUT2D eigenvalue weighted by molar-refractivity contribution is 14.0. The first-order valence-electron chi connectivity index (χ1n) is 9.69. The van der Waals surface area contributed by atoms with Crippen molar-refractivity contribution in [2.45, 2.75) is 6.54 Å². The first-order valence-corrected chi connectivity index (χ1v) is 9.69. The fourth-order valence-electron chi connectivity index (χ4n) is 2.80. The zero-order valence-corrected chi connectivity index (χ0v) is 19.9. The standard InChI is InChI=1S/C23H26N4O3.HI/c1-24-23(27(2)14-16-29-20-7-4-3-5-8-20)25-17-18-10-12-19(13-11-18)26-22(28)21-9-6-15-30-21;/h3-13,15H,14,16-17H2,1-2H3,(H,24,25)(H,26,28);1H. The molecule has 7 nitrogen and oxygen atoms in total. The van der Waals surface area contributed by atoms with Gasteiger partial charge < -0.3 is 24.7 Å². The Morgan fingerprint density at radius 1 is 1.06 bits per heavy atom. The maximum absolute atomic E-state index is 12.0. The van der Waals surface area contributed by atoms with Crippen molar-refractivity contribution in [1.29, 1.82) is 0 Å². The number of hydrogen-bond donors (Lipinski definition) is 2. The summed E-state index contributed by atoms with van der Waals surface area (Å²) < 4.78 is 10.8. The maximum atomic E-state index is 12.0. The van der Waals surface area contributed by atoms with E-state index in [1.54, 1.807) is 19.2 Å². The molecular formula is C23H27IN4O3. The summed E-state index contributed by atoms with van der Waals surface area (Å²) in [4.78, 5) is 18.4. The first-order chi connectivity index (χ1) is 14.7. The average Bonchev–Trinajstić information content (AvgIpc) is 3.31. The number of para-hydroxylation sites is 1. The number of ether oxygens (including phenoxy) is 1. The number of amides is 1. The highest BCUT2D eigenvalue weighted by Crippen LogP contribution is 2.12. The Morgan fingerprint density at radius 2 is 1.81 bits per heavy atom. The van der Waals surface area contributed by atoms with Crippen molar-refractivity contribution < 1.29 is 13.9 Å². The molecule has 0 saturated heterocycles. The molecule has 3 rings (SSSR count). The van der Waals surface area contributed by atoms with Gasteiger partial charge in [0.25, 0.3) is 5.91 Å². The number of aliphatic imine (C=N–C) groups is 1. The molecule has 0 aliphatic rings. The van der Waals surface area contributed by atoms with E-state index in [0.29, 0.717) is 25.4 Å². The van der Waals surface area contributed by atoms with Crippen LogP contribution in [0, 0.1) is 0 Å². The third-order valence-electron chi connectivity index (χ3n) is 4.42. The zero-order valence-electron chi connectivity index (χ0n) is 17.6. The normalized spacial score (nSPS) is 10.7. The van der Waals surface area contributed by atoms with Crippen molar-refractivity contribution in [3.05, 3.63) is 84.3 Å². The molecule has 0 radical (unpaired) electrons. The molecule has 1 heterocycles. The number of guanidine groups is 1. The fourth-order valence-corrected chi connectivity index (χ4v) is 2.80. The molecule has 164 valence electrons. The second-order valence-corrected chi connectivity index (χ2v) is 6.61. The number of anilines is 1. The van der Waals surface area contributed by atoms with Crippen molar-refractivity contribution in [1.82, 2.24) is 10.2 Å². The van der Waals surface area contributed by atoms with E-state index in [4.69, 9.17) is 9.15 Å². The molecule has 0 aliphatic heterocycles. The van der Waals surface area contributed by atoms with E-state index >= 15 is 0 Å². The molecular weight excluding hydrogens is 507 g/mol. The van der Waals surface area contributed by atoms with Crippen LogP contribution in [0.15, 0.2) is 82.4 Å². The number of rotatable bonds is 8. The van der Waals surface area contributed by atoms with E-state index in [2.05, 4.69) is 15.6 Å². The predicted octanol–water partition coefficient (Wildman–Crippen LogP) is 4.24. The van der Waals surface area contributed by atoms with Crippen molar-refractivity contribution >= 4 is 41.5 Å². The number of nitrogens with zero attached hydrogens (tertiary/aromatic N) is 2. The summed E-state index contributed by atoms with van der Waals surface area (Å²) in [7, 11) is 3.72. The van der Waals surface area contributed by atoms with Crippen LogP contribution in [0.1, 0.15) is 16.1 Å². The molecule has 0 bridgehead atoms. The van der Waals surface area contributed by atoms with Crippen molar-refractivity contribution in [2.24, 2.45) is 4.99 Å². The van der Waals surface area contributed by atoms with E-state index < -0.39 is 0 Å². The van der Waals surface area contributed by atoms with Crippen LogP contribution in [0.5, 0.6) is 5.75 Å². The van der Waals surface area contributed by atoms with Gasteiger partial charge in [0.15, 0.2) is 11.7 Å². The molecule has 8 heteroatoms. The summed E-state index contributed by atoms with van der Waals surface area (Å²) in [6.07, 6.45) is 1.47. The SMILES string of the molecule is CN=C(NCc1ccc(NC(=O)c2ccco2)cc1)N(C)CCOc1ccccc1.I. The third-order valence-corrected chi connectivity index (χ3v) is 4.42. The number of nitrogens with one attached hydrogen (secondary N) is 2. The number of hydrogen-bond acceptors (Lipinski definition) is 4. The Balaban J connectivity index is 0.00000341. The van der Waals surface area contributed by atoms with Gasteiger partial charge in [-0.05, 0) is 42.0 Å². The smallest absolute Gasteiger partial charge is 0.291 e. The minimum Gasteiger partial charge on any atom is -0.492 e. The topological polar surface area (TPSA) is 79.1 Å². The molecule has 2 aromatic carbocycles. The van der Waals surface area contributed by atoms with Gasteiger partial charge in [-0.15, -0.1) is 24.0 Å². The van der Waals surface area contributed by atoms with Gasteiger partial charge in [0.1, 0.15) is 12.4 Å². The lowest BCUT2D eigenvalue weighted by Gasteiger charge is -2.22. The van der Waals surface area contributed by atoms with Crippen LogP contribution < -0.4 is 15.4 Å². The Morgan fingerprint density at radius 3 is 2.45 bits per heavy atom. The van der Waals surface area contributed by atoms with Crippen LogP contribution in [0.2, 0.25) is 0 Å². The van der Waals surface area contributed by atoms with Gasteiger partial charge in [-0.3, -0.25) is 9.79 Å². The number of halogens is 1. The monoisotopic (exact) mass is 534 g/mol. The van der Waals surface area contributed by atoms with Crippen LogP contribution in [0.3, 0.4) is 0 Å². The van der Waals surface area contributed by atoms with Crippen LogP contribution in [-0.4, -0.2) is 44.0 Å². The molecule has 1 amide bonds. The largest absolute Gasteiger partial charge is 0.492 e. The van der Waals surface area contributed by atoms with Crippen LogP contribution in [0.4, 0.5) is 5.69 Å². The molecule has 31 heavy (non-hydrogen) atoms. The van der Waals surface area contributed by atoms with Crippen LogP contribution in [0.25, 0.3) is 0 Å².